The number of ether oxygens (including phenoxy) is 1. The number of fused-ring (bicyclic) bond motifs is 1. The quantitative estimate of drug-likeness (QED) is 0.582. The van der Waals surface area contributed by atoms with Crippen molar-refractivity contribution in [1.29, 1.82) is 0 Å². The number of hydrazine groups is 1. The van der Waals surface area contributed by atoms with Crippen molar-refractivity contribution in [1.82, 2.24) is 10.0 Å². The number of allylic oxidation sites excluding steroid dienone is 1. The molecule has 0 radical (unpaired) electrons. The van der Waals surface area contributed by atoms with Crippen molar-refractivity contribution in [2.45, 2.75) is 45.1 Å². The molecular weight excluding hydrogens is 256 g/mol. The van der Waals surface area contributed by atoms with Crippen LogP contribution in [0.1, 0.15) is 39.0 Å². The molecule has 1 saturated heterocycles. The Kier molecular flexibility index (Phi) is 3.61. The van der Waals surface area contributed by atoms with Crippen LogP contribution in [0.5, 0.6) is 0 Å². The van der Waals surface area contributed by atoms with Crippen LogP contribution in [-0.4, -0.2) is 41.1 Å². The molecule has 1 amide bonds. The zero-order valence-corrected chi connectivity index (χ0v) is 11.8. The van der Waals surface area contributed by atoms with E-state index in [4.69, 9.17) is 4.74 Å². The highest BCUT2D eigenvalue weighted by molar-refractivity contribution is 5.93. The molecule has 3 aliphatic rings. The topological polar surface area (TPSA) is 49.9 Å². The average molecular weight is 276 g/mol. The Morgan fingerprint density at radius 2 is 2.25 bits per heavy atom. The molecule has 0 aromatic heterocycles. The molecular formula is C15H20N2O3. The lowest BCUT2D eigenvalue weighted by Crippen LogP contribution is -2.40. The van der Waals surface area contributed by atoms with E-state index in [1.54, 1.807) is 18.1 Å². The van der Waals surface area contributed by atoms with Gasteiger partial charge in [-0.15, -0.1) is 0 Å². The van der Waals surface area contributed by atoms with Crippen LogP contribution in [0.4, 0.5) is 0 Å². The maximum atomic E-state index is 12.2. The van der Waals surface area contributed by atoms with Crippen molar-refractivity contribution < 1.29 is 14.3 Å². The summed E-state index contributed by atoms with van der Waals surface area (Å²) in [6.07, 6.45) is 8.85. The summed E-state index contributed by atoms with van der Waals surface area (Å²) >= 11 is 0. The van der Waals surface area contributed by atoms with Crippen LogP contribution in [0, 0.1) is 0 Å². The van der Waals surface area contributed by atoms with E-state index in [1.807, 2.05) is 5.01 Å². The zero-order chi connectivity index (χ0) is 14.1. The highest BCUT2D eigenvalue weighted by atomic mass is 16.5. The molecule has 0 spiro atoms. The average Bonchev–Trinajstić information content (AvgIpc) is 3.00. The van der Waals surface area contributed by atoms with Gasteiger partial charge in [0, 0.05) is 19.2 Å². The van der Waals surface area contributed by atoms with Crippen LogP contribution in [0.15, 0.2) is 23.4 Å². The highest BCUT2D eigenvalue weighted by Gasteiger charge is 2.44. The molecule has 0 N–H and O–H groups in total. The van der Waals surface area contributed by atoms with E-state index in [2.05, 4.69) is 6.08 Å². The van der Waals surface area contributed by atoms with Gasteiger partial charge in [0.25, 0.3) is 0 Å². The Hall–Kier alpha value is -1.62. The fourth-order valence-corrected chi connectivity index (χ4v) is 3.22. The summed E-state index contributed by atoms with van der Waals surface area (Å²) in [5.41, 5.74) is 1.86. The van der Waals surface area contributed by atoms with E-state index < -0.39 is 0 Å². The number of carbonyl (C=O) groups excluding carboxylic acids is 2. The van der Waals surface area contributed by atoms with Gasteiger partial charge < -0.3 is 4.74 Å². The molecule has 0 aromatic carbocycles. The molecule has 1 atom stereocenters. The molecule has 1 fully saturated rings. The van der Waals surface area contributed by atoms with Crippen LogP contribution in [0.3, 0.4) is 0 Å². The van der Waals surface area contributed by atoms with Crippen molar-refractivity contribution in [3.63, 3.8) is 0 Å². The van der Waals surface area contributed by atoms with Crippen LogP contribution >= 0.6 is 0 Å². The number of rotatable bonds is 3. The molecule has 0 unspecified atom stereocenters. The van der Waals surface area contributed by atoms with E-state index in [0.717, 1.165) is 19.3 Å². The third-order valence-electron chi connectivity index (χ3n) is 4.13. The molecule has 0 aromatic rings. The number of esters is 1. The van der Waals surface area contributed by atoms with Gasteiger partial charge >= 0.3 is 5.97 Å². The Bertz CT molecular complexity index is 495. The normalized spacial score (nSPS) is 26.4. The second kappa shape index (κ2) is 5.40. The minimum Gasteiger partial charge on any atom is -0.463 e. The first-order valence-corrected chi connectivity index (χ1v) is 7.38. The van der Waals surface area contributed by atoms with E-state index in [0.29, 0.717) is 25.1 Å². The fourth-order valence-electron chi connectivity index (χ4n) is 3.22. The van der Waals surface area contributed by atoms with E-state index >= 15 is 0 Å². The number of nitrogens with zero attached hydrogens (tertiary/aromatic N) is 2. The Morgan fingerprint density at radius 3 is 2.95 bits per heavy atom. The maximum Gasteiger partial charge on any atom is 0.337 e. The number of carbonyl (C=O) groups is 2. The SMILES string of the molecule is CCOC(=O)C1=CN2C(=O)CCN2[C@@H]1C1=CCCCC1. The Morgan fingerprint density at radius 1 is 1.40 bits per heavy atom. The predicted molar refractivity (Wildman–Crippen MR) is 73.2 cm³/mol. The highest BCUT2D eigenvalue weighted by Crippen LogP contribution is 2.36. The third-order valence-corrected chi connectivity index (χ3v) is 4.13. The standard InChI is InChI=1S/C15H20N2O3/c1-2-20-15(19)12-10-17-13(18)8-9-16(17)14(12)11-6-4-3-5-7-11/h6,10,14H,2-5,7-9H2,1H3/t14-/m1/s1. The van der Waals surface area contributed by atoms with E-state index in [1.165, 1.54) is 12.0 Å². The summed E-state index contributed by atoms with van der Waals surface area (Å²) in [6.45, 7) is 2.84. The molecule has 1 aliphatic carbocycles. The molecule has 0 saturated carbocycles. The van der Waals surface area contributed by atoms with E-state index in [-0.39, 0.29) is 17.9 Å². The van der Waals surface area contributed by atoms with Crippen molar-refractivity contribution in [3.05, 3.63) is 23.4 Å². The Balaban J connectivity index is 1.91. The smallest absolute Gasteiger partial charge is 0.337 e. The lowest BCUT2D eigenvalue weighted by molar-refractivity contribution is -0.139. The van der Waals surface area contributed by atoms with Crippen LogP contribution in [-0.2, 0) is 14.3 Å². The summed E-state index contributed by atoms with van der Waals surface area (Å²) in [4.78, 5) is 24.0. The first kappa shape index (κ1) is 13.4. The third kappa shape index (κ3) is 2.16. The number of hydrogen-bond donors (Lipinski definition) is 0. The monoisotopic (exact) mass is 276 g/mol. The second-order valence-corrected chi connectivity index (χ2v) is 5.38. The largest absolute Gasteiger partial charge is 0.463 e. The summed E-state index contributed by atoms with van der Waals surface area (Å²) in [6, 6.07) is -0.0965. The minimum atomic E-state index is -0.300. The number of hydrogen-bond acceptors (Lipinski definition) is 4. The van der Waals surface area contributed by atoms with Crippen LogP contribution in [0.25, 0.3) is 0 Å². The van der Waals surface area contributed by atoms with Gasteiger partial charge in [0.05, 0.1) is 18.2 Å². The first-order chi connectivity index (χ1) is 9.72. The minimum absolute atomic E-state index is 0.0608. The number of amides is 1. The summed E-state index contributed by atoms with van der Waals surface area (Å²) in [5.74, 6) is -0.239. The van der Waals surface area contributed by atoms with Crippen molar-refractivity contribution in [2.24, 2.45) is 0 Å². The summed E-state index contributed by atoms with van der Waals surface area (Å²) < 4.78 is 5.15. The molecule has 3 rings (SSSR count). The van der Waals surface area contributed by atoms with Crippen molar-refractivity contribution >= 4 is 11.9 Å². The predicted octanol–water partition coefficient (Wildman–Crippen LogP) is 1.77. The van der Waals surface area contributed by atoms with Crippen LogP contribution < -0.4 is 0 Å². The van der Waals surface area contributed by atoms with Gasteiger partial charge in [0.1, 0.15) is 0 Å². The Labute approximate surface area is 118 Å². The van der Waals surface area contributed by atoms with Crippen molar-refractivity contribution in [2.75, 3.05) is 13.2 Å². The maximum absolute atomic E-state index is 12.2. The molecule has 2 aliphatic heterocycles. The van der Waals surface area contributed by atoms with E-state index in [9.17, 15) is 9.59 Å². The van der Waals surface area contributed by atoms with Gasteiger partial charge in [0.15, 0.2) is 0 Å². The van der Waals surface area contributed by atoms with Gasteiger partial charge in [-0.1, -0.05) is 11.6 Å². The summed E-state index contributed by atoms with van der Waals surface area (Å²) in [7, 11) is 0. The van der Waals surface area contributed by atoms with Gasteiger partial charge in [-0.2, -0.15) is 0 Å². The van der Waals surface area contributed by atoms with Gasteiger partial charge in [-0.05, 0) is 32.6 Å². The summed E-state index contributed by atoms with van der Waals surface area (Å²) in [5, 5.41) is 3.61. The molecule has 108 valence electrons. The second-order valence-electron chi connectivity index (χ2n) is 5.38. The van der Waals surface area contributed by atoms with Crippen molar-refractivity contribution in [3.8, 4) is 0 Å². The molecule has 5 nitrogen and oxygen atoms in total. The van der Waals surface area contributed by atoms with Crippen LogP contribution in [0.2, 0.25) is 0 Å². The van der Waals surface area contributed by atoms with Gasteiger partial charge in [-0.25, -0.2) is 14.8 Å². The van der Waals surface area contributed by atoms with Gasteiger partial charge in [0.2, 0.25) is 5.91 Å². The molecule has 0 bridgehead atoms. The molecule has 20 heavy (non-hydrogen) atoms. The van der Waals surface area contributed by atoms with Gasteiger partial charge in [-0.3, -0.25) is 4.79 Å². The zero-order valence-electron chi connectivity index (χ0n) is 11.8. The lowest BCUT2D eigenvalue weighted by atomic mass is 9.90. The fraction of sp³-hybridized carbons (Fsp3) is 0.600. The molecule has 5 heteroatoms. The lowest BCUT2D eigenvalue weighted by Gasteiger charge is -2.29. The first-order valence-electron chi connectivity index (χ1n) is 7.38. The molecule has 2 heterocycles.